The summed E-state index contributed by atoms with van der Waals surface area (Å²) in [6, 6.07) is 7.89. The lowest BCUT2D eigenvalue weighted by Crippen LogP contribution is -1.97. The van der Waals surface area contributed by atoms with Crippen molar-refractivity contribution in [3.8, 4) is 5.75 Å². The van der Waals surface area contributed by atoms with Gasteiger partial charge in [0.05, 0.1) is 6.61 Å². The molecular formula is C10H13BrOS. The molecule has 1 aromatic carbocycles. The third-order valence-electron chi connectivity index (χ3n) is 1.62. The summed E-state index contributed by atoms with van der Waals surface area (Å²) in [6.07, 6.45) is 2.17. The number of hydrogen-bond donors (Lipinski definition) is 1. The standard InChI is InChI=1S/C10H13BrOS/c11-9-4-3-5-10(8-9)12-6-1-2-7-13/h3-5,8,13H,1-2,6-7H2. The minimum absolute atomic E-state index is 0.775. The lowest BCUT2D eigenvalue weighted by Gasteiger charge is -2.05. The minimum atomic E-state index is 0.775. The van der Waals surface area contributed by atoms with E-state index in [1.54, 1.807) is 0 Å². The third kappa shape index (κ3) is 4.58. The van der Waals surface area contributed by atoms with Crippen molar-refractivity contribution in [1.82, 2.24) is 0 Å². The van der Waals surface area contributed by atoms with Gasteiger partial charge in [0.25, 0.3) is 0 Å². The zero-order chi connectivity index (χ0) is 9.52. The molecular weight excluding hydrogens is 248 g/mol. The fraction of sp³-hybridized carbons (Fsp3) is 0.400. The van der Waals surface area contributed by atoms with Crippen LogP contribution in [0.4, 0.5) is 0 Å². The van der Waals surface area contributed by atoms with Crippen molar-refractivity contribution < 1.29 is 4.74 Å². The second-order valence-electron chi connectivity index (χ2n) is 2.74. The Kier molecular flexibility index (Phi) is 5.32. The smallest absolute Gasteiger partial charge is 0.120 e. The highest BCUT2D eigenvalue weighted by Gasteiger charge is 1.93. The molecule has 0 aliphatic heterocycles. The molecule has 0 heterocycles. The summed E-state index contributed by atoms with van der Waals surface area (Å²) < 4.78 is 6.58. The van der Waals surface area contributed by atoms with Gasteiger partial charge >= 0.3 is 0 Å². The molecule has 72 valence electrons. The number of rotatable bonds is 5. The quantitative estimate of drug-likeness (QED) is 0.630. The molecule has 1 rings (SSSR count). The van der Waals surface area contributed by atoms with Gasteiger partial charge in [-0.3, -0.25) is 0 Å². The van der Waals surface area contributed by atoms with E-state index in [-0.39, 0.29) is 0 Å². The Morgan fingerprint density at radius 1 is 1.31 bits per heavy atom. The normalized spacial score (nSPS) is 10.0. The second-order valence-corrected chi connectivity index (χ2v) is 4.10. The minimum Gasteiger partial charge on any atom is -0.494 e. The van der Waals surface area contributed by atoms with E-state index in [0.717, 1.165) is 35.4 Å². The Hall–Kier alpha value is -0.150. The molecule has 0 saturated heterocycles. The van der Waals surface area contributed by atoms with Gasteiger partial charge in [0, 0.05) is 4.47 Å². The molecule has 3 heteroatoms. The van der Waals surface area contributed by atoms with Gasteiger partial charge in [-0.25, -0.2) is 0 Å². The van der Waals surface area contributed by atoms with E-state index in [9.17, 15) is 0 Å². The number of unbranched alkanes of at least 4 members (excludes halogenated alkanes) is 1. The number of thiol groups is 1. The summed E-state index contributed by atoms with van der Waals surface area (Å²) in [6.45, 7) is 0.775. The Bertz CT molecular complexity index is 252. The van der Waals surface area contributed by atoms with E-state index in [0.29, 0.717) is 0 Å². The molecule has 0 spiro atoms. The summed E-state index contributed by atoms with van der Waals surface area (Å²) in [4.78, 5) is 0. The molecule has 1 nitrogen and oxygen atoms in total. The molecule has 0 aliphatic rings. The van der Waals surface area contributed by atoms with Crippen LogP contribution < -0.4 is 4.74 Å². The molecule has 0 aromatic heterocycles. The summed E-state index contributed by atoms with van der Waals surface area (Å²) in [5.41, 5.74) is 0. The highest BCUT2D eigenvalue weighted by atomic mass is 79.9. The largest absolute Gasteiger partial charge is 0.494 e. The maximum Gasteiger partial charge on any atom is 0.120 e. The molecule has 0 N–H and O–H groups in total. The van der Waals surface area contributed by atoms with Crippen molar-refractivity contribution >= 4 is 28.6 Å². The van der Waals surface area contributed by atoms with Gasteiger partial charge in [-0.1, -0.05) is 22.0 Å². The Morgan fingerprint density at radius 2 is 2.15 bits per heavy atom. The van der Waals surface area contributed by atoms with Crippen molar-refractivity contribution in [2.45, 2.75) is 12.8 Å². The van der Waals surface area contributed by atoms with Gasteiger partial charge in [-0.15, -0.1) is 0 Å². The number of benzene rings is 1. The van der Waals surface area contributed by atoms with Crippen LogP contribution in [0, 0.1) is 0 Å². The molecule has 0 unspecified atom stereocenters. The Morgan fingerprint density at radius 3 is 2.85 bits per heavy atom. The van der Waals surface area contributed by atoms with E-state index in [1.807, 2.05) is 24.3 Å². The van der Waals surface area contributed by atoms with Crippen LogP contribution in [0.5, 0.6) is 5.75 Å². The maximum absolute atomic E-state index is 5.52. The molecule has 0 radical (unpaired) electrons. The van der Waals surface area contributed by atoms with Gasteiger partial charge in [-0.2, -0.15) is 12.6 Å². The number of halogens is 1. The molecule has 0 atom stereocenters. The van der Waals surface area contributed by atoms with Crippen molar-refractivity contribution in [2.24, 2.45) is 0 Å². The maximum atomic E-state index is 5.52. The van der Waals surface area contributed by atoms with Crippen molar-refractivity contribution in [3.05, 3.63) is 28.7 Å². The van der Waals surface area contributed by atoms with E-state index in [4.69, 9.17) is 4.74 Å². The number of hydrogen-bond acceptors (Lipinski definition) is 2. The van der Waals surface area contributed by atoms with Crippen LogP contribution in [0.3, 0.4) is 0 Å². The lowest BCUT2D eigenvalue weighted by molar-refractivity contribution is 0.310. The molecule has 0 aliphatic carbocycles. The van der Waals surface area contributed by atoms with Crippen molar-refractivity contribution in [1.29, 1.82) is 0 Å². The van der Waals surface area contributed by atoms with Crippen LogP contribution in [-0.4, -0.2) is 12.4 Å². The first-order chi connectivity index (χ1) is 6.33. The average Bonchev–Trinajstić information content (AvgIpc) is 2.13. The summed E-state index contributed by atoms with van der Waals surface area (Å²) in [7, 11) is 0. The SMILES string of the molecule is SCCCCOc1cccc(Br)c1. The summed E-state index contributed by atoms with van der Waals surface area (Å²) >= 11 is 7.53. The Balaban J connectivity index is 2.28. The predicted molar refractivity (Wildman–Crippen MR) is 62.7 cm³/mol. The van der Waals surface area contributed by atoms with E-state index >= 15 is 0 Å². The van der Waals surface area contributed by atoms with E-state index in [2.05, 4.69) is 28.6 Å². The zero-order valence-corrected chi connectivity index (χ0v) is 9.85. The second kappa shape index (κ2) is 6.33. The molecule has 0 bridgehead atoms. The average molecular weight is 261 g/mol. The van der Waals surface area contributed by atoms with E-state index in [1.165, 1.54) is 0 Å². The van der Waals surface area contributed by atoms with Crippen molar-refractivity contribution in [2.75, 3.05) is 12.4 Å². The summed E-state index contributed by atoms with van der Waals surface area (Å²) in [5, 5.41) is 0. The monoisotopic (exact) mass is 260 g/mol. The van der Waals surface area contributed by atoms with Crippen LogP contribution in [0.2, 0.25) is 0 Å². The summed E-state index contributed by atoms with van der Waals surface area (Å²) in [5.74, 6) is 1.86. The van der Waals surface area contributed by atoms with Crippen LogP contribution in [0.15, 0.2) is 28.7 Å². The predicted octanol–water partition coefficient (Wildman–Crippen LogP) is 3.54. The van der Waals surface area contributed by atoms with Gasteiger partial charge in [0.2, 0.25) is 0 Å². The van der Waals surface area contributed by atoms with Gasteiger partial charge in [0.1, 0.15) is 5.75 Å². The van der Waals surface area contributed by atoms with Gasteiger partial charge in [0.15, 0.2) is 0 Å². The van der Waals surface area contributed by atoms with Gasteiger partial charge in [-0.05, 0) is 36.8 Å². The van der Waals surface area contributed by atoms with Crippen LogP contribution in [-0.2, 0) is 0 Å². The zero-order valence-electron chi connectivity index (χ0n) is 7.37. The van der Waals surface area contributed by atoms with Gasteiger partial charge < -0.3 is 4.74 Å². The molecule has 0 amide bonds. The first-order valence-corrected chi connectivity index (χ1v) is 5.74. The fourth-order valence-electron chi connectivity index (χ4n) is 0.961. The Labute approximate surface area is 93.0 Å². The first-order valence-electron chi connectivity index (χ1n) is 4.32. The topological polar surface area (TPSA) is 9.23 Å². The first kappa shape index (κ1) is 10.9. The third-order valence-corrected chi connectivity index (χ3v) is 2.43. The fourth-order valence-corrected chi connectivity index (χ4v) is 1.56. The highest BCUT2D eigenvalue weighted by Crippen LogP contribution is 2.17. The number of ether oxygens (including phenoxy) is 1. The molecule has 0 fully saturated rings. The van der Waals surface area contributed by atoms with Crippen LogP contribution >= 0.6 is 28.6 Å². The van der Waals surface area contributed by atoms with Crippen molar-refractivity contribution in [3.63, 3.8) is 0 Å². The van der Waals surface area contributed by atoms with Crippen LogP contribution in [0.25, 0.3) is 0 Å². The van der Waals surface area contributed by atoms with E-state index < -0.39 is 0 Å². The molecule has 1 aromatic rings. The highest BCUT2D eigenvalue weighted by molar-refractivity contribution is 9.10. The lowest BCUT2D eigenvalue weighted by atomic mass is 10.3. The molecule has 13 heavy (non-hydrogen) atoms. The van der Waals surface area contributed by atoms with Crippen LogP contribution in [0.1, 0.15) is 12.8 Å². The molecule has 0 saturated carbocycles.